The van der Waals surface area contributed by atoms with E-state index in [0.717, 1.165) is 0 Å². The highest BCUT2D eigenvalue weighted by Gasteiger charge is 2.20. The molecule has 0 aliphatic carbocycles. The van der Waals surface area contributed by atoms with Gasteiger partial charge in [-0.1, -0.05) is 25.9 Å². The molecule has 21 heavy (non-hydrogen) atoms. The number of carbonyl (C=O) groups is 1. The predicted octanol–water partition coefficient (Wildman–Crippen LogP) is 4.01. The molecule has 2 rings (SSSR count). The Morgan fingerprint density at radius 3 is 2.38 bits per heavy atom. The van der Waals surface area contributed by atoms with Gasteiger partial charge in [0.15, 0.2) is 5.82 Å². The fourth-order valence-corrected chi connectivity index (χ4v) is 1.57. The number of rotatable bonds is 3. The number of hydrogen-bond donors (Lipinski definition) is 2. The molecule has 2 N–H and O–H groups in total. The van der Waals surface area contributed by atoms with E-state index in [1.807, 2.05) is 20.8 Å². The van der Waals surface area contributed by atoms with Gasteiger partial charge in [0.2, 0.25) is 0 Å². The van der Waals surface area contributed by atoms with Gasteiger partial charge in [-0.05, 0) is 29.4 Å². The molecule has 2 amide bonds. The summed E-state index contributed by atoms with van der Waals surface area (Å²) in [7, 11) is 0. The number of amides is 2. The zero-order valence-electron chi connectivity index (χ0n) is 12.0. The standard InChI is InChI=1S/C14H16N4O3/c1-14(2,3)11-8-12(18-21-11)16-13(19)15-9-4-6-10(17-20)7-5-9/h4-8H,1-3H3,(H2,15,16,18,19). The van der Waals surface area contributed by atoms with E-state index in [9.17, 15) is 9.70 Å². The van der Waals surface area contributed by atoms with E-state index in [-0.39, 0.29) is 5.41 Å². The molecule has 1 aromatic carbocycles. The molecule has 110 valence electrons. The van der Waals surface area contributed by atoms with E-state index in [4.69, 9.17) is 4.52 Å². The summed E-state index contributed by atoms with van der Waals surface area (Å²) in [5.41, 5.74) is 0.660. The van der Waals surface area contributed by atoms with Gasteiger partial charge in [0.25, 0.3) is 0 Å². The molecule has 0 atom stereocenters. The van der Waals surface area contributed by atoms with Crippen molar-refractivity contribution in [2.45, 2.75) is 26.2 Å². The van der Waals surface area contributed by atoms with Crippen molar-refractivity contribution in [1.29, 1.82) is 0 Å². The van der Waals surface area contributed by atoms with E-state index < -0.39 is 6.03 Å². The molecule has 0 saturated heterocycles. The van der Waals surface area contributed by atoms with Gasteiger partial charge in [0.05, 0.1) is 0 Å². The number of carbonyl (C=O) groups excluding carboxylic acids is 1. The van der Waals surface area contributed by atoms with E-state index in [1.165, 1.54) is 12.1 Å². The monoisotopic (exact) mass is 288 g/mol. The Labute approximate surface area is 121 Å². The second kappa shape index (κ2) is 5.74. The Morgan fingerprint density at radius 1 is 1.19 bits per heavy atom. The number of benzene rings is 1. The van der Waals surface area contributed by atoms with Crippen LogP contribution in [0.2, 0.25) is 0 Å². The lowest BCUT2D eigenvalue weighted by Crippen LogP contribution is -2.19. The first-order valence-corrected chi connectivity index (χ1v) is 6.37. The van der Waals surface area contributed by atoms with Crippen LogP contribution in [0.4, 0.5) is 22.0 Å². The van der Waals surface area contributed by atoms with Crippen molar-refractivity contribution < 1.29 is 9.32 Å². The maximum atomic E-state index is 11.8. The van der Waals surface area contributed by atoms with Gasteiger partial charge in [0, 0.05) is 17.2 Å². The number of hydrogen-bond acceptors (Lipinski definition) is 5. The molecule has 0 radical (unpaired) electrons. The van der Waals surface area contributed by atoms with Gasteiger partial charge in [-0.25, -0.2) is 4.79 Å². The van der Waals surface area contributed by atoms with Crippen LogP contribution in [-0.4, -0.2) is 11.2 Å². The molecular weight excluding hydrogens is 272 g/mol. The normalized spacial score (nSPS) is 11.0. The molecule has 7 heteroatoms. The summed E-state index contributed by atoms with van der Waals surface area (Å²) in [6, 6.07) is 7.42. The number of aromatic nitrogens is 1. The number of nitroso groups, excluding NO2 is 1. The molecule has 2 aromatic rings. The molecule has 7 nitrogen and oxygen atoms in total. The first kappa shape index (κ1) is 14.7. The first-order chi connectivity index (χ1) is 9.88. The zero-order valence-corrected chi connectivity index (χ0v) is 12.0. The van der Waals surface area contributed by atoms with Crippen LogP contribution in [0.5, 0.6) is 0 Å². The van der Waals surface area contributed by atoms with Crippen molar-refractivity contribution in [3.63, 3.8) is 0 Å². The molecule has 1 heterocycles. The Balaban J connectivity index is 1.98. The van der Waals surface area contributed by atoms with Gasteiger partial charge < -0.3 is 9.84 Å². The number of nitrogens with one attached hydrogen (secondary N) is 2. The second-order valence-electron chi connectivity index (χ2n) is 5.54. The summed E-state index contributed by atoms with van der Waals surface area (Å²) in [5, 5.41) is 11.8. The van der Waals surface area contributed by atoms with Crippen molar-refractivity contribution in [3.05, 3.63) is 41.0 Å². The topological polar surface area (TPSA) is 96.6 Å². The SMILES string of the molecule is CC(C)(C)c1cc(NC(=O)Nc2ccc(N=O)cc2)no1. The minimum atomic E-state index is -0.449. The smallest absolute Gasteiger partial charge is 0.324 e. The van der Waals surface area contributed by atoms with Gasteiger partial charge >= 0.3 is 6.03 Å². The van der Waals surface area contributed by atoms with Crippen molar-refractivity contribution in [2.75, 3.05) is 10.6 Å². The molecule has 0 fully saturated rings. The van der Waals surface area contributed by atoms with Crippen molar-refractivity contribution in [3.8, 4) is 0 Å². The lowest BCUT2D eigenvalue weighted by molar-refractivity contribution is 0.262. The summed E-state index contributed by atoms with van der Waals surface area (Å²) >= 11 is 0. The molecule has 0 aliphatic rings. The molecule has 0 spiro atoms. The van der Waals surface area contributed by atoms with E-state index in [2.05, 4.69) is 21.0 Å². The third kappa shape index (κ3) is 3.88. The minimum absolute atomic E-state index is 0.179. The maximum Gasteiger partial charge on any atom is 0.324 e. The Morgan fingerprint density at radius 2 is 1.86 bits per heavy atom. The average Bonchev–Trinajstić information content (AvgIpc) is 2.88. The Kier molecular flexibility index (Phi) is 4.02. The molecule has 0 bridgehead atoms. The van der Waals surface area contributed by atoms with Crippen molar-refractivity contribution in [2.24, 2.45) is 5.18 Å². The highest BCUT2D eigenvalue weighted by molar-refractivity contribution is 5.99. The largest absolute Gasteiger partial charge is 0.359 e. The van der Waals surface area contributed by atoms with Crippen molar-refractivity contribution in [1.82, 2.24) is 5.16 Å². The van der Waals surface area contributed by atoms with Crippen LogP contribution >= 0.6 is 0 Å². The summed E-state index contributed by atoms with van der Waals surface area (Å²) in [5.74, 6) is 1.02. The molecule has 0 aliphatic heterocycles. The highest BCUT2D eigenvalue weighted by Crippen LogP contribution is 2.24. The van der Waals surface area contributed by atoms with Gasteiger partial charge in [0.1, 0.15) is 11.4 Å². The fraction of sp³-hybridized carbons (Fsp3) is 0.286. The molecule has 0 unspecified atom stereocenters. The average molecular weight is 288 g/mol. The van der Waals surface area contributed by atoms with Gasteiger partial charge in [-0.15, -0.1) is 4.91 Å². The number of nitrogens with zero attached hydrogens (tertiary/aromatic N) is 2. The van der Waals surface area contributed by atoms with Crippen LogP contribution in [0.25, 0.3) is 0 Å². The Bertz CT molecular complexity index is 641. The lowest BCUT2D eigenvalue weighted by atomic mass is 9.93. The van der Waals surface area contributed by atoms with Crippen LogP contribution in [0.3, 0.4) is 0 Å². The van der Waals surface area contributed by atoms with Gasteiger partial charge in [-0.2, -0.15) is 0 Å². The van der Waals surface area contributed by atoms with E-state index >= 15 is 0 Å². The van der Waals surface area contributed by atoms with Gasteiger partial charge in [-0.3, -0.25) is 5.32 Å². The van der Waals surface area contributed by atoms with E-state index in [1.54, 1.807) is 18.2 Å². The summed E-state index contributed by atoms with van der Waals surface area (Å²) in [6.45, 7) is 5.96. The minimum Gasteiger partial charge on any atom is -0.359 e. The number of anilines is 2. The third-order valence-corrected chi connectivity index (χ3v) is 2.72. The highest BCUT2D eigenvalue weighted by atomic mass is 16.5. The quantitative estimate of drug-likeness (QED) is 0.834. The van der Waals surface area contributed by atoms with E-state index in [0.29, 0.717) is 23.0 Å². The van der Waals surface area contributed by atoms with Crippen LogP contribution < -0.4 is 10.6 Å². The second-order valence-corrected chi connectivity index (χ2v) is 5.54. The first-order valence-electron chi connectivity index (χ1n) is 6.37. The van der Waals surface area contributed by atoms with Crippen LogP contribution in [0.15, 0.2) is 40.0 Å². The summed E-state index contributed by atoms with van der Waals surface area (Å²) in [6.07, 6.45) is 0. The third-order valence-electron chi connectivity index (χ3n) is 2.72. The predicted molar refractivity (Wildman–Crippen MR) is 79.7 cm³/mol. The maximum absolute atomic E-state index is 11.8. The van der Waals surface area contributed by atoms with Crippen molar-refractivity contribution >= 4 is 23.2 Å². The van der Waals surface area contributed by atoms with Crippen LogP contribution in [-0.2, 0) is 5.41 Å². The summed E-state index contributed by atoms with van der Waals surface area (Å²) < 4.78 is 5.17. The van der Waals surface area contributed by atoms with Crippen LogP contribution in [0.1, 0.15) is 26.5 Å². The molecule has 1 aromatic heterocycles. The molecular formula is C14H16N4O3. The number of urea groups is 1. The molecule has 0 saturated carbocycles. The summed E-state index contributed by atoms with van der Waals surface area (Å²) in [4.78, 5) is 22.1. The zero-order chi connectivity index (χ0) is 15.5. The lowest BCUT2D eigenvalue weighted by Gasteiger charge is -2.12. The fourth-order valence-electron chi connectivity index (χ4n) is 1.57. The van der Waals surface area contributed by atoms with Crippen LogP contribution in [0, 0.1) is 4.91 Å². The Hall–Kier alpha value is -2.70.